The second-order valence-corrected chi connectivity index (χ2v) is 4.72. The Bertz CT molecular complexity index is 610. The minimum atomic E-state index is -0.452. The summed E-state index contributed by atoms with van der Waals surface area (Å²) in [5, 5.41) is 3.38. The van der Waals surface area contributed by atoms with E-state index in [1.807, 2.05) is 6.07 Å². The summed E-state index contributed by atoms with van der Waals surface area (Å²) in [5.74, 6) is 0.292. The summed E-state index contributed by atoms with van der Waals surface area (Å²) >= 11 is 0. The summed E-state index contributed by atoms with van der Waals surface area (Å²) in [6.45, 7) is 2.15. The standard InChI is InChI=1S/C12H15N3O2/c1-6(7-2-3-7)14-9-5-10-11(4-8(9)13)17-12(16)15-10/h4-7,14H,2-3,13H2,1H3,(H,15,16). The molecule has 2 aromatic rings. The molecule has 0 bridgehead atoms. The number of nitrogens with one attached hydrogen (secondary N) is 2. The fraction of sp³-hybridized carbons (Fsp3) is 0.417. The van der Waals surface area contributed by atoms with Crippen molar-refractivity contribution in [2.24, 2.45) is 5.92 Å². The lowest BCUT2D eigenvalue weighted by atomic mass is 10.2. The predicted octanol–water partition coefficient (Wildman–Crippen LogP) is 1.91. The predicted molar refractivity (Wildman–Crippen MR) is 67.1 cm³/mol. The molecule has 5 heteroatoms. The highest BCUT2D eigenvalue weighted by molar-refractivity contribution is 5.85. The fourth-order valence-electron chi connectivity index (χ4n) is 2.10. The normalized spacial score (nSPS) is 17.2. The van der Waals surface area contributed by atoms with Crippen LogP contribution in [0.3, 0.4) is 0 Å². The van der Waals surface area contributed by atoms with Crippen LogP contribution in [0.25, 0.3) is 11.1 Å². The van der Waals surface area contributed by atoms with Gasteiger partial charge in [0.25, 0.3) is 0 Å². The smallest absolute Gasteiger partial charge is 0.408 e. The molecule has 1 saturated carbocycles. The van der Waals surface area contributed by atoms with Crippen LogP contribution in [-0.4, -0.2) is 11.0 Å². The van der Waals surface area contributed by atoms with Gasteiger partial charge in [0.1, 0.15) is 0 Å². The highest BCUT2D eigenvalue weighted by atomic mass is 16.4. The van der Waals surface area contributed by atoms with E-state index < -0.39 is 5.76 Å². The van der Waals surface area contributed by atoms with Gasteiger partial charge < -0.3 is 15.5 Å². The number of aromatic nitrogens is 1. The Balaban J connectivity index is 1.97. The lowest BCUT2D eigenvalue weighted by molar-refractivity contribution is 0.555. The zero-order valence-corrected chi connectivity index (χ0v) is 9.62. The Morgan fingerprint density at radius 3 is 3.00 bits per heavy atom. The van der Waals surface area contributed by atoms with Crippen LogP contribution in [0.15, 0.2) is 21.3 Å². The van der Waals surface area contributed by atoms with Crippen molar-refractivity contribution in [2.45, 2.75) is 25.8 Å². The molecule has 0 spiro atoms. The molecule has 0 aliphatic heterocycles. The molecule has 1 unspecified atom stereocenters. The topological polar surface area (TPSA) is 84.0 Å². The molecular weight excluding hydrogens is 218 g/mol. The summed E-state index contributed by atoms with van der Waals surface area (Å²) in [7, 11) is 0. The van der Waals surface area contributed by atoms with Crippen LogP contribution in [0.4, 0.5) is 11.4 Å². The number of oxazole rings is 1. The molecule has 1 fully saturated rings. The van der Waals surface area contributed by atoms with Gasteiger partial charge in [-0.3, -0.25) is 4.98 Å². The van der Waals surface area contributed by atoms with Crippen LogP contribution in [0.1, 0.15) is 19.8 Å². The molecule has 1 aromatic heterocycles. The maximum atomic E-state index is 11.1. The van der Waals surface area contributed by atoms with Gasteiger partial charge in [-0.15, -0.1) is 0 Å². The van der Waals surface area contributed by atoms with Gasteiger partial charge in [0.05, 0.1) is 16.9 Å². The molecule has 1 aliphatic carbocycles. The van der Waals surface area contributed by atoms with Crippen LogP contribution in [0.5, 0.6) is 0 Å². The van der Waals surface area contributed by atoms with Gasteiger partial charge in [0.2, 0.25) is 0 Å². The Hall–Kier alpha value is -1.91. The van der Waals surface area contributed by atoms with E-state index in [0.717, 1.165) is 11.6 Å². The molecule has 0 amide bonds. The molecule has 90 valence electrons. The highest BCUT2D eigenvalue weighted by Crippen LogP contribution is 2.35. The number of benzene rings is 1. The van der Waals surface area contributed by atoms with Crippen molar-refractivity contribution in [3.8, 4) is 0 Å². The van der Waals surface area contributed by atoms with Gasteiger partial charge in [-0.25, -0.2) is 4.79 Å². The van der Waals surface area contributed by atoms with Gasteiger partial charge in [0.15, 0.2) is 5.58 Å². The van der Waals surface area contributed by atoms with Gasteiger partial charge in [-0.2, -0.15) is 0 Å². The van der Waals surface area contributed by atoms with Crippen LogP contribution < -0.4 is 16.8 Å². The van der Waals surface area contributed by atoms with Crippen molar-refractivity contribution < 1.29 is 4.42 Å². The number of rotatable bonds is 3. The molecule has 1 atom stereocenters. The number of fused-ring (bicyclic) bond motifs is 1. The monoisotopic (exact) mass is 233 g/mol. The van der Waals surface area contributed by atoms with E-state index in [1.54, 1.807) is 6.07 Å². The third kappa shape index (κ3) is 1.88. The van der Waals surface area contributed by atoms with E-state index in [4.69, 9.17) is 10.2 Å². The first-order valence-corrected chi connectivity index (χ1v) is 5.82. The van der Waals surface area contributed by atoms with Crippen molar-refractivity contribution in [2.75, 3.05) is 11.1 Å². The third-order valence-corrected chi connectivity index (χ3v) is 3.30. The van der Waals surface area contributed by atoms with Crippen LogP contribution in [0.2, 0.25) is 0 Å². The summed E-state index contributed by atoms with van der Waals surface area (Å²) in [6.07, 6.45) is 2.55. The number of anilines is 2. The van der Waals surface area contributed by atoms with E-state index in [2.05, 4.69) is 17.2 Å². The molecule has 17 heavy (non-hydrogen) atoms. The second kappa shape index (κ2) is 3.55. The first kappa shape index (κ1) is 10.3. The van der Waals surface area contributed by atoms with E-state index in [0.29, 0.717) is 22.8 Å². The Kier molecular flexibility index (Phi) is 2.14. The number of aromatic amines is 1. The maximum Gasteiger partial charge on any atom is 0.417 e. The Morgan fingerprint density at radius 2 is 2.29 bits per heavy atom. The van der Waals surface area contributed by atoms with Crippen molar-refractivity contribution in [3.05, 3.63) is 22.7 Å². The van der Waals surface area contributed by atoms with Gasteiger partial charge >= 0.3 is 5.76 Å². The van der Waals surface area contributed by atoms with Crippen molar-refractivity contribution in [3.63, 3.8) is 0 Å². The highest BCUT2D eigenvalue weighted by Gasteiger charge is 2.28. The average Bonchev–Trinajstić information content (AvgIpc) is 3.03. The SMILES string of the molecule is CC(Nc1cc2[nH]c(=O)oc2cc1N)C1CC1. The first-order chi connectivity index (χ1) is 8.13. The molecule has 1 aromatic carbocycles. The average molecular weight is 233 g/mol. The van der Waals surface area contributed by atoms with Crippen LogP contribution in [0, 0.1) is 5.92 Å². The van der Waals surface area contributed by atoms with Crippen molar-refractivity contribution >= 4 is 22.5 Å². The van der Waals surface area contributed by atoms with Crippen molar-refractivity contribution in [1.29, 1.82) is 0 Å². The summed E-state index contributed by atoms with van der Waals surface area (Å²) < 4.78 is 4.95. The number of nitrogens with two attached hydrogens (primary N) is 1. The lowest BCUT2D eigenvalue weighted by Gasteiger charge is -2.15. The molecule has 1 aliphatic rings. The van der Waals surface area contributed by atoms with Gasteiger partial charge in [-0.05, 0) is 31.7 Å². The van der Waals surface area contributed by atoms with Gasteiger partial charge in [0, 0.05) is 12.1 Å². The second-order valence-electron chi connectivity index (χ2n) is 4.72. The van der Waals surface area contributed by atoms with Crippen molar-refractivity contribution in [1.82, 2.24) is 4.98 Å². The van der Waals surface area contributed by atoms with Gasteiger partial charge in [-0.1, -0.05) is 0 Å². The van der Waals surface area contributed by atoms with E-state index in [9.17, 15) is 4.79 Å². The zero-order chi connectivity index (χ0) is 12.0. The number of hydrogen-bond acceptors (Lipinski definition) is 4. The van der Waals surface area contributed by atoms with Crippen LogP contribution >= 0.6 is 0 Å². The lowest BCUT2D eigenvalue weighted by Crippen LogP contribution is -2.18. The maximum absolute atomic E-state index is 11.1. The summed E-state index contributed by atoms with van der Waals surface area (Å²) in [6, 6.07) is 3.91. The van der Waals surface area contributed by atoms with E-state index >= 15 is 0 Å². The fourth-order valence-corrected chi connectivity index (χ4v) is 2.10. The van der Waals surface area contributed by atoms with E-state index in [1.165, 1.54) is 12.8 Å². The molecule has 4 N–H and O–H groups in total. The summed E-state index contributed by atoms with van der Waals surface area (Å²) in [4.78, 5) is 13.7. The minimum absolute atomic E-state index is 0.411. The molecule has 1 heterocycles. The third-order valence-electron chi connectivity index (χ3n) is 3.30. The Morgan fingerprint density at radius 1 is 1.53 bits per heavy atom. The molecule has 0 saturated heterocycles. The molecular formula is C12H15N3O2. The number of nitrogen functional groups attached to an aromatic ring is 1. The minimum Gasteiger partial charge on any atom is -0.408 e. The molecule has 3 rings (SSSR count). The number of H-pyrrole nitrogens is 1. The largest absolute Gasteiger partial charge is 0.417 e. The first-order valence-electron chi connectivity index (χ1n) is 5.82. The quantitative estimate of drug-likeness (QED) is 0.707. The molecule has 0 radical (unpaired) electrons. The molecule has 5 nitrogen and oxygen atoms in total. The zero-order valence-electron chi connectivity index (χ0n) is 9.62. The number of hydrogen-bond donors (Lipinski definition) is 3. The van der Waals surface area contributed by atoms with E-state index in [-0.39, 0.29) is 0 Å². The van der Waals surface area contributed by atoms with Crippen LogP contribution in [-0.2, 0) is 0 Å². The summed E-state index contributed by atoms with van der Waals surface area (Å²) in [5.41, 5.74) is 8.56. The Labute approximate surface area is 98.0 Å².